The third kappa shape index (κ3) is 3.62. The molecule has 0 bridgehead atoms. The summed E-state index contributed by atoms with van der Waals surface area (Å²) in [6, 6.07) is 6.77. The summed E-state index contributed by atoms with van der Waals surface area (Å²) in [5.74, 6) is -0.817. The molecule has 0 aliphatic carbocycles. The normalized spacial score (nSPS) is 19.2. The van der Waals surface area contributed by atoms with Crippen LogP contribution in [-0.2, 0) is 4.74 Å². The van der Waals surface area contributed by atoms with Gasteiger partial charge in [-0.15, -0.1) is 0 Å². The maximum atomic E-state index is 13.8. The number of nitrogens with zero attached hydrogens (tertiary/aromatic N) is 3. The number of rotatable bonds is 5. The van der Waals surface area contributed by atoms with E-state index in [0.29, 0.717) is 19.8 Å². The maximum Gasteiger partial charge on any atom is 0.290 e. The first-order valence-electron chi connectivity index (χ1n) is 10.4. The minimum absolute atomic E-state index is 0.0318. The standard InChI is InChI=1S/C23H22FN3O4/c24-16-4-5-18-17(13-16)21(28)19-20(15-3-1-6-25-14-15)27(23(29)22(19)31-18)8-2-7-26-9-11-30-12-10-26/h1,3-6,13-14,20H,2,7-12H2. The van der Waals surface area contributed by atoms with Gasteiger partial charge in [-0.1, -0.05) is 6.07 Å². The van der Waals surface area contributed by atoms with Crippen molar-refractivity contribution in [2.75, 3.05) is 39.4 Å². The van der Waals surface area contributed by atoms with Crippen LogP contribution in [0.4, 0.5) is 4.39 Å². The van der Waals surface area contributed by atoms with Crippen LogP contribution in [0.1, 0.15) is 34.1 Å². The topological polar surface area (TPSA) is 75.9 Å². The summed E-state index contributed by atoms with van der Waals surface area (Å²) in [7, 11) is 0. The van der Waals surface area contributed by atoms with E-state index in [1.54, 1.807) is 23.4 Å². The third-order valence-electron chi connectivity index (χ3n) is 5.90. The monoisotopic (exact) mass is 423 g/mol. The SMILES string of the molecule is O=C1c2oc3ccc(F)cc3c(=O)c2C(c2cccnc2)N1CCCN1CCOCC1. The van der Waals surface area contributed by atoms with Gasteiger partial charge in [0.15, 0.2) is 5.43 Å². The van der Waals surface area contributed by atoms with Crippen LogP contribution in [0.15, 0.2) is 51.9 Å². The first-order chi connectivity index (χ1) is 15.1. The highest BCUT2D eigenvalue weighted by Gasteiger charge is 2.42. The van der Waals surface area contributed by atoms with Crippen LogP contribution in [0.25, 0.3) is 11.0 Å². The van der Waals surface area contributed by atoms with Crippen molar-refractivity contribution >= 4 is 16.9 Å². The van der Waals surface area contributed by atoms with Crippen LogP contribution < -0.4 is 5.43 Å². The maximum absolute atomic E-state index is 13.8. The third-order valence-corrected chi connectivity index (χ3v) is 5.90. The molecule has 0 saturated carbocycles. The number of halogens is 1. The molecule has 1 atom stereocenters. The molecule has 1 aromatic carbocycles. The molecule has 160 valence electrons. The number of pyridine rings is 1. The van der Waals surface area contributed by atoms with Crippen molar-refractivity contribution in [1.82, 2.24) is 14.8 Å². The van der Waals surface area contributed by atoms with Gasteiger partial charge in [-0.3, -0.25) is 19.5 Å². The number of amides is 1. The van der Waals surface area contributed by atoms with Gasteiger partial charge in [0, 0.05) is 38.6 Å². The quantitative estimate of drug-likeness (QED) is 0.628. The Bertz CT molecular complexity index is 1170. The molecule has 1 unspecified atom stereocenters. The molecule has 2 aliphatic heterocycles. The fourth-order valence-corrected chi connectivity index (χ4v) is 4.40. The molecular formula is C23H22FN3O4. The van der Waals surface area contributed by atoms with E-state index in [0.717, 1.165) is 37.7 Å². The van der Waals surface area contributed by atoms with Gasteiger partial charge in [-0.05, 0) is 36.2 Å². The molecule has 5 rings (SSSR count). The molecule has 1 saturated heterocycles. The Morgan fingerprint density at radius 3 is 2.74 bits per heavy atom. The molecule has 1 fully saturated rings. The molecule has 1 amide bonds. The highest BCUT2D eigenvalue weighted by molar-refractivity contribution is 5.99. The van der Waals surface area contributed by atoms with Gasteiger partial charge >= 0.3 is 0 Å². The number of benzene rings is 1. The van der Waals surface area contributed by atoms with Crippen molar-refractivity contribution in [1.29, 1.82) is 0 Å². The zero-order valence-corrected chi connectivity index (χ0v) is 16.9. The Morgan fingerprint density at radius 2 is 1.97 bits per heavy atom. The lowest BCUT2D eigenvalue weighted by Gasteiger charge is -2.29. The molecule has 0 spiro atoms. The second kappa shape index (κ2) is 8.20. The molecule has 0 N–H and O–H groups in total. The van der Waals surface area contributed by atoms with Gasteiger partial charge in [0.1, 0.15) is 11.4 Å². The van der Waals surface area contributed by atoms with Gasteiger partial charge < -0.3 is 14.1 Å². The van der Waals surface area contributed by atoms with E-state index >= 15 is 0 Å². The van der Waals surface area contributed by atoms with Crippen molar-refractivity contribution in [3.8, 4) is 0 Å². The summed E-state index contributed by atoms with van der Waals surface area (Å²) in [6.45, 7) is 4.47. The predicted octanol–water partition coefficient (Wildman–Crippen LogP) is 2.59. The summed E-state index contributed by atoms with van der Waals surface area (Å²) in [6.07, 6.45) is 4.04. The Hall–Kier alpha value is -3.10. The summed E-state index contributed by atoms with van der Waals surface area (Å²) >= 11 is 0. The van der Waals surface area contributed by atoms with Crippen LogP contribution in [0.2, 0.25) is 0 Å². The largest absolute Gasteiger partial charge is 0.450 e. The molecule has 31 heavy (non-hydrogen) atoms. The smallest absolute Gasteiger partial charge is 0.290 e. The minimum atomic E-state index is -0.607. The van der Waals surface area contributed by atoms with Gasteiger partial charge in [-0.2, -0.15) is 0 Å². The lowest BCUT2D eigenvalue weighted by molar-refractivity contribution is 0.0353. The number of hydrogen-bond donors (Lipinski definition) is 0. The van der Waals surface area contributed by atoms with E-state index in [2.05, 4.69) is 9.88 Å². The van der Waals surface area contributed by atoms with Gasteiger partial charge in [0.25, 0.3) is 5.91 Å². The van der Waals surface area contributed by atoms with E-state index in [4.69, 9.17) is 9.15 Å². The first kappa shape index (κ1) is 19.8. The second-order valence-corrected chi connectivity index (χ2v) is 7.81. The van der Waals surface area contributed by atoms with Gasteiger partial charge in [0.2, 0.25) is 5.76 Å². The molecule has 2 aromatic heterocycles. The number of morpholine rings is 1. The van der Waals surface area contributed by atoms with Crippen molar-refractivity contribution in [3.63, 3.8) is 0 Å². The van der Waals surface area contributed by atoms with Crippen LogP contribution in [0.5, 0.6) is 0 Å². The van der Waals surface area contributed by atoms with Crippen LogP contribution in [0, 0.1) is 5.82 Å². The highest BCUT2D eigenvalue weighted by Crippen LogP contribution is 2.37. The van der Waals surface area contributed by atoms with Crippen LogP contribution in [-0.4, -0.2) is 60.1 Å². The molecule has 8 heteroatoms. The Labute approximate surface area is 178 Å². The highest BCUT2D eigenvalue weighted by atomic mass is 19.1. The summed E-state index contributed by atoms with van der Waals surface area (Å²) in [5, 5.41) is 0.135. The fourth-order valence-electron chi connectivity index (χ4n) is 4.40. The summed E-state index contributed by atoms with van der Waals surface area (Å²) < 4.78 is 25.0. The summed E-state index contributed by atoms with van der Waals surface area (Å²) in [4.78, 5) is 34.8. The number of carbonyl (C=O) groups excluding carboxylic acids is 1. The van der Waals surface area contributed by atoms with E-state index in [1.165, 1.54) is 12.1 Å². The number of hydrogen-bond acceptors (Lipinski definition) is 6. The molecule has 7 nitrogen and oxygen atoms in total. The second-order valence-electron chi connectivity index (χ2n) is 7.81. The number of carbonyl (C=O) groups is 1. The molecular weight excluding hydrogens is 401 g/mol. The molecule has 2 aliphatic rings. The Balaban J connectivity index is 1.52. The van der Waals surface area contributed by atoms with Crippen molar-refractivity contribution in [2.45, 2.75) is 12.5 Å². The lowest BCUT2D eigenvalue weighted by atomic mass is 10.00. The minimum Gasteiger partial charge on any atom is -0.450 e. The zero-order valence-electron chi connectivity index (χ0n) is 16.9. The van der Waals surface area contributed by atoms with Crippen molar-refractivity contribution < 1.29 is 18.3 Å². The van der Waals surface area contributed by atoms with E-state index < -0.39 is 11.9 Å². The van der Waals surface area contributed by atoms with Crippen LogP contribution >= 0.6 is 0 Å². The fraction of sp³-hybridized carbons (Fsp3) is 0.348. The van der Waals surface area contributed by atoms with Crippen molar-refractivity contribution in [3.05, 3.63) is 75.7 Å². The molecule has 0 radical (unpaired) electrons. The zero-order chi connectivity index (χ0) is 21.4. The average Bonchev–Trinajstić information content (AvgIpc) is 3.08. The lowest BCUT2D eigenvalue weighted by Crippen LogP contribution is -2.38. The van der Waals surface area contributed by atoms with Crippen LogP contribution in [0.3, 0.4) is 0 Å². The Kier molecular flexibility index (Phi) is 5.25. The number of ether oxygens (including phenoxy) is 1. The van der Waals surface area contributed by atoms with Crippen molar-refractivity contribution in [2.24, 2.45) is 0 Å². The average molecular weight is 423 g/mol. The number of aromatic nitrogens is 1. The summed E-state index contributed by atoms with van der Waals surface area (Å²) in [5.41, 5.74) is 0.804. The van der Waals surface area contributed by atoms with Gasteiger partial charge in [-0.25, -0.2) is 4.39 Å². The molecule has 4 heterocycles. The first-order valence-corrected chi connectivity index (χ1v) is 10.4. The van der Waals surface area contributed by atoms with E-state index in [-0.39, 0.29) is 33.6 Å². The molecule has 3 aromatic rings. The number of fused-ring (bicyclic) bond motifs is 2. The van der Waals surface area contributed by atoms with Gasteiger partial charge in [0.05, 0.1) is 30.2 Å². The van der Waals surface area contributed by atoms with E-state index in [1.807, 2.05) is 6.07 Å². The van der Waals surface area contributed by atoms with E-state index in [9.17, 15) is 14.0 Å². The Morgan fingerprint density at radius 1 is 1.13 bits per heavy atom. The predicted molar refractivity (Wildman–Crippen MR) is 111 cm³/mol.